The van der Waals surface area contributed by atoms with Crippen molar-refractivity contribution >= 4 is 11.7 Å². The molecule has 0 saturated heterocycles. The molecule has 0 unspecified atom stereocenters. The van der Waals surface area contributed by atoms with E-state index in [1.165, 1.54) is 10.6 Å². The number of carbonyl (C=O) groups is 1. The molecule has 2 aromatic rings. The Balaban J connectivity index is 2.06. The Kier molecular flexibility index (Phi) is 3.13. The number of aromatic amines is 1. The van der Waals surface area contributed by atoms with Gasteiger partial charge in [-0.15, -0.1) is 0 Å². The molecule has 2 aromatic heterocycles. The number of amides is 1. The molecule has 0 atom stereocenters. The molecule has 0 spiro atoms. The standard InChI is InChI=1S/C11H13N5O2/c1-16-3-2-7(4-9(16)17)11(18)13-5-8-6-14-15-10(8)12/h2-4,6H,5H2,1H3,(H,13,18)(H3,12,14,15). The fraction of sp³-hybridized carbons (Fsp3) is 0.182. The van der Waals surface area contributed by atoms with Gasteiger partial charge >= 0.3 is 0 Å². The van der Waals surface area contributed by atoms with E-state index in [0.29, 0.717) is 16.9 Å². The van der Waals surface area contributed by atoms with Crippen LogP contribution < -0.4 is 16.6 Å². The molecule has 94 valence electrons. The van der Waals surface area contributed by atoms with Crippen LogP contribution in [0.3, 0.4) is 0 Å². The third-order valence-electron chi connectivity index (χ3n) is 2.56. The normalized spacial score (nSPS) is 10.3. The van der Waals surface area contributed by atoms with E-state index in [-0.39, 0.29) is 18.0 Å². The number of hydrogen-bond donors (Lipinski definition) is 3. The van der Waals surface area contributed by atoms with Crippen molar-refractivity contribution in [3.05, 3.63) is 46.0 Å². The van der Waals surface area contributed by atoms with E-state index in [9.17, 15) is 9.59 Å². The van der Waals surface area contributed by atoms with Crippen LogP contribution in [0.25, 0.3) is 0 Å². The van der Waals surface area contributed by atoms with Gasteiger partial charge in [0.1, 0.15) is 5.82 Å². The highest BCUT2D eigenvalue weighted by atomic mass is 16.2. The quantitative estimate of drug-likeness (QED) is 0.687. The zero-order valence-electron chi connectivity index (χ0n) is 9.80. The third kappa shape index (κ3) is 2.40. The minimum Gasteiger partial charge on any atom is -0.384 e. The lowest BCUT2D eigenvalue weighted by atomic mass is 10.2. The van der Waals surface area contributed by atoms with Crippen LogP contribution in [0.2, 0.25) is 0 Å². The van der Waals surface area contributed by atoms with Gasteiger partial charge in [-0.05, 0) is 6.07 Å². The van der Waals surface area contributed by atoms with Crippen LogP contribution in [0.1, 0.15) is 15.9 Å². The molecule has 1 amide bonds. The SMILES string of the molecule is Cn1ccc(C(=O)NCc2cn[nH]c2N)cc1=O. The Morgan fingerprint density at radius 3 is 3.00 bits per heavy atom. The number of nitrogens with zero attached hydrogens (tertiary/aromatic N) is 2. The van der Waals surface area contributed by atoms with E-state index >= 15 is 0 Å². The lowest BCUT2D eigenvalue weighted by Crippen LogP contribution is -2.25. The predicted octanol–water partition coefficient (Wildman–Crippen LogP) is -0.379. The van der Waals surface area contributed by atoms with Crippen LogP contribution in [0.5, 0.6) is 0 Å². The number of nitrogen functional groups attached to an aromatic ring is 1. The summed E-state index contributed by atoms with van der Waals surface area (Å²) in [4.78, 5) is 23.2. The van der Waals surface area contributed by atoms with Crippen molar-refractivity contribution in [2.75, 3.05) is 5.73 Å². The van der Waals surface area contributed by atoms with E-state index in [1.54, 1.807) is 25.5 Å². The number of aryl methyl sites for hydroxylation is 1. The summed E-state index contributed by atoms with van der Waals surface area (Å²) in [5, 5.41) is 8.98. The Hall–Kier alpha value is -2.57. The minimum atomic E-state index is -0.326. The van der Waals surface area contributed by atoms with Gasteiger partial charge in [-0.25, -0.2) is 0 Å². The first-order valence-corrected chi connectivity index (χ1v) is 5.30. The van der Waals surface area contributed by atoms with Gasteiger partial charge in [0, 0.05) is 37.0 Å². The number of nitrogens with one attached hydrogen (secondary N) is 2. The summed E-state index contributed by atoms with van der Waals surface area (Å²) in [6.45, 7) is 0.260. The number of rotatable bonds is 3. The highest BCUT2D eigenvalue weighted by Crippen LogP contribution is 2.05. The van der Waals surface area contributed by atoms with Crippen molar-refractivity contribution in [1.29, 1.82) is 0 Å². The number of anilines is 1. The summed E-state index contributed by atoms with van der Waals surface area (Å²) in [6.07, 6.45) is 3.09. The highest BCUT2D eigenvalue weighted by molar-refractivity contribution is 5.93. The van der Waals surface area contributed by atoms with Crippen molar-refractivity contribution in [3.8, 4) is 0 Å². The van der Waals surface area contributed by atoms with Crippen LogP contribution in [0.15, 0.2) is 29.3 Å². The van der Waals surface area contributed by atoms with Crippen molar-refractivity contribution in [2.24, 2.45) is 7.05 Å². The number of hydrogen-bond acceptors (Lipinski definition) is 4. The van der Waals surface area contributed by atoms with E-state index in [4.69, 9.17) is 5.73 Å². The Morgan fingerprint density at radius 2 is 2.39 bits per heavy atom. The van der Waals surface area contributed by atoms with Crippen LogP contribution in [-0.2, 0) is 13.6 Å². The summed E-state index contributed by atoms with van der Waals surface area (Å²) >= 11 is 0. The monoisotopic (exact) mass is 247 g/mol. The number of carbonyl (C=O) groups excluding carboxylic acids is 1. The largest absolute Gasteiger partial charge is 0.384 e. The molecule has 0 aliphatic carbocycles. The average molecular weight is 247 g/mol. The first-order chi connectivity index (χ1) is 8.58. The molecule has 18 heavy (non-hydrogen) atoms. The van der Waals surface area contributed by atoms with Gasteiger partial charge in [0.15, 0.2) is 0 Å². The van der Waals surface area contributed by atoms with Gasteiger partial charge in [-0.1, -0.05) is 0 Å². The first kappa shape index (κ1) is 11.9. The van der Waals surface area contributed by atoms with E-state index in [2.05, 4.69) is 15.5 Å². The van der Waals surface area contributed by atoms with Crippen molar-refractivity contribution < 1.29 is 4.79 Å². The smallest absolute Gasteiger partial charge is 0.251 e. The van der Waals surface area contributed by atoms with Gasteiger partial charge in [-0.3, -0.25) is 14.7 Å². The van der Waals surface area contributed by atoms with Gasteiger partial charge in [0.25, 0.3) is 11.5 Å². The molecule has 4 N–H and O–H groups in total. The molecule has 0 aliphatic heterocycles. The third-order valence-corrected chi connectivity index (χ3v) is 2.56. The van der Waals surface area contributed by atoms with Crippen LogP contribution in [0, 0.1) is 0 Å². The molecular weight excluding hydrogens is 234 g/mol. The van der Waals surface area contributed by atoms with Crippen molar-refractivity contribution in [3.63, 3.8) is 0 Å². The second-order valence-electron chi connectivity index (χ2n) is 3.86. The molecule has 0 saturated carbocycles. The summed E-state index contributed by atoms with van der Waals surface area (Å²) in [5.74, 6) is 0.0903. The predicted molar refractivity (Wildman–Crippen MR) is 65.9 cm³/mol. The summed E-state index contributed by atoms with van der Waals surface area (Å²) in [6, 6.07) is 2.86. The number of nitrogens with two attached hydrogens (primary N) is 1. The molecule has 2 heterocycles. The highest BCUT2D eigenvalue weighted by Gasteiger charge is 2.08. The Bertz CT molecular complexity index is 628. The maximum atomic E-state index is 11.8. The lowest BCUT2D eigenvalue weighted by Gasteiger charge is -2.04. The second kappa shape index (κ2) is 4.74. The van der Waals surface area contributed by atoms with Crippen LogP contribution >= 0.6 is 0 Å². The molecule has 0 fully saturated rings. The van der Waals surface area contributed by atoms with E-state index in [1.807, 2.05) is 0 Å². The fourth-order valence-corrected chi connectivity index (χ4v) is 1.43. The number of H-pyrrole nitrogens is 1. The molecule has 7 heteroatoms. The van der Waals surface area contributed by atoms with Crippen LogP contribution in [0.4, 0.5) is 5.82 Å². The maximum Gasteiger partial charge on any atom is 0.251 e. The second-order valence-corrected chi connectivity index (χ2v) is 3.86. The first-order valence-electron chi connectivity index (χ1n) is 5.30. The number of aromatic nitrogens is 3. The molecule has 0 radical (unpaired) electrons. The summed E-state index contributed by atoms with van der Waals surface area (Å²) < 4.78 is 1.39. The molecule has 0 aromatic carbocycles. The minimum absolute atomic E-state index is 0.231. The van der Waals surface area contributed by atoms with Crippen molar-refractivity contribution in [2.45, 2.75) is 6.54 Å². The van der Waals surface area contributed by atoms with E-state index in [0.717, 1.165) is 0 Å². The maximum absolute atomic E-state index is 11.8. The zero-order chi connectivity index (χ0) is 13.1. The molecule has 0 aliphatic rings. The molecule has 2 rings (SSSR count). The number of pyridine rings is 1. The Morgan fingerprint density at radius 1 is 1.61 bits per heavy atom. The van der Waals surface area contributed by atoms with Gasteiger partial charge in [-0.2, -0.15) is 5.10 Å². The molecular formula is C11H13N5O2. The lowest BCUT2D eigenvalue weighted by molar-refractivity contribution is 0.0950. The molecule has 7 nitrogen and oxygen atoms in total. The van der Waals surface area contributed by atoms with Crippen LogP contribution in [-0.4, -0.2) is 20.7 Å². The molecule has 0 bridgehead atoms. The van der Waals surface area contributed by atoms with Gasteiger partial charge in [0.05, 0.1) is 6.20 Å². The zero-order valence-corrected chi connectivity index (χ0v) is 9.80. The van der Waals surface area contributed by atoms with Crippen molar-refractivity contribution in [1.82, 2.24) is 20.1 Å². The Labute approximate surface area is 103 Å². The fourth-order valence-electron chi connectivity index (χ4n) is 1.43. The average Bonchev–Trinajstić information content (AvgIpc) is 2.75. The van der Waals surface area contributed by atoms with Gasteiger partial charge in [0.2, 0.25) is 0 Å². The summed E-state index contributed by atoms with van der Waals surface area (Å²) in [7, 11) is 1.62. The summed E-state index contributed by atoms with van der Waals surface area (Å²) in [5.41, 5.74) is 6.38. The topological polar surface area (TPSA) is 106 Å². The van der Waals surface area contributed by atoms with E-state index < -0.39 is 0 Å². The van der Waals surface area contributed by atoms with Gasteiger partial charge < -0.3 is 15.6 Å².